The van der Waals surface area contributed by atoms with E-state index in [-0.39, 0.29) is 5.92 Å². The van der Waals surface area contributed by atoms with E-state index in [2.05, 4.69) is 0 Å². The van der Waals surface area contributed by atoms with E-state index < -0.39 is 23.7 Å². The SMILES string of the molecule is C[C@@H]1C[C@H](C(=O)[O-])N(C(=O)OC(C)(C)C)C1. The first-order valence-corrected chi connectivity index (χ1v) is 5.41. The number of carboxylic acids is 1. The smallest absolute Gasteiger partial charge is 0.410 e. The Labute approximate surface area is 95.4 Å². The highest BCUT2D eigenvalue weighted by Crippen LogP contribution is 2.24. The maximum atomic E-state index is 11.7. The fourth-order valence-electron chi connectivity index (χ4n) is 1.79. The van der Waals surface area contributed by atoms with Gasteiger partial charge in [-0.3, -0.25) is 4.90 Å². The van der Waals surface area contributed by atoms with Crippen LogP contribution in [0.25, 0.3) is 0 Å². The van der Waals surface area contributed by atoms with Crippen LogP contribution < -0.4 is 5.11 Å². The van der Waals surface area contributed by atoms with Crippen molar-refractivity contribution >= 4 is 12.1 Å². The molecule has 0 aromatic heterocycles. The van der Waals surface area contributed by atoms with Gasteiger partial charge in [0.15, 0.2) is 0 Å². The largest absolute Gasteiger partial charge is 0.548 e. The normalized spacial score (nSPS) is 25.6. The van der Waals surface area contributed by atoms with Crippen molar-refractivity contribution in [1.82, 2.24) is 4.90 Å². The van der Waals surface area contributed by atoms with Crippen molar-refractivity contribution < 1.29 is 19.4 Å². The highest BCUT2D eigenvalue weighted by molar-refractivity contribution is 5.79. The van der Waals surface area contributed by atoms with E-state index in [0.717, 1.165) is 0 Å². The van der Waals surface area contributed by atoms with Crippen molar-refractivity contribution in [2.24, 2.45) is 5.92 Å². The molecule has 5 heteroatoms. The Kier molecular flexibility index (Phi) is 3.45. The van der Waals surface area contributed by atoms with Gasteiger partial charge in [0.2, 0.25) is 0 Å². The van der Waals surface area contributed by atoms with Gasteiger partial charge in [-0.2, -0.15) is 0 Å². The van der Waals surface area contributed by atoms with Crippen molar-refractivity contribution in [3.8, 4) is 0 Å². The molecule has 1 aliphatic rings. The fourth-order valence-corrected chi connectivity index (χ4v) is 1.79. The lowest BCUT2D eigenvalue weighted by Crippen LogP contribution is -2.48. The van der Waals surface area contributed by atoms with Gasteiger partial charge in [0.1, 0.15) is 5.60 Å². The van der Waals surface area contributed by atoms with Gasteiger partial charge in [0.05, 0.1) is 12.0 Å². The number of carboxylic acid groups (broad SMARTS) is 1. The van der Waals surface area contributed by atoms with Gasteiger partial charge in [-0.25, -0.2) is 4.79 Å². The van der Waals surface area contributed by atoms with Gasteiger partial charge >= 0.3 is 6.09 Å². The number of amides is 1. The summed E-state index contributed by atoms with van der Waals surface area (Å²) in [5.74, 6) is -1.05. The Morgan fingerprint density at radius 2 is 1.94 bits per heavy atom. The van der Waals surface area contributed by atoms with Gasteiger partial charge in [-0.1, -0.05) is 6.92 Å². The van der Waals surface area contributed by atoms with Crippen molar-refractivity contribution in [1.29, 1.82) is 0 Å². The molecule has 92 valence electrons. The highest BCUT2D eigenvalue weighted by Gasteiger charge is 2.36. The topological polar surface area (TPSA) is 69.7 Å². The number of hydrogen-bond acceptors (Lipinski definition) is 4. The molecule has 2 atom stereocenters. The third-order valence-corrected chi connectivity index (χ3v) is 2.41. The van der Waals surface area contributed by atoms with E-state index in [4.69, 9.17) is 4.74 Å². The van der Waals surface area contributed by atoms with Crippen molar-refractivity contribution in [3.05, 3.63) is 0 Å². The van der Waals surface area contributed by atoms with E-state index in [1.54, 1.807) is 20.8 Å². The summed E-state index contributed by atoms with van der Waals surface area (Å²) < 4.78 is 5.15. The van der Waals surface area contributed by atoms with E-state index >= 15 is 0 Å². The molecule has 0 aromatic carbocycles. The van der Waals surface area contributed by atoms with Crippen LogP contribution in [0.3, 0.4) is 0 Å². The summed E-state index contributed by atoms with van der Waals surface area (Å²) in [5, 5.41) is 10.9. The van der Waals surface area contributed by atoms with Crippen LogP contribution in [0.5, 0.6) is 0 Å². The number of hydrogen-bond donors (Lipinski definition) is 0. The zero-order chi connectivity index (χ0) is 12.5. The van der Waals surface area contributed by atoms with Crippen LogP contribution in [0.2, 0.25) is 0 Å². The molecule has 0 unspecified atom stereocenters. The maximum Gasteiger partial charge on any atom is 0.410 e. The molecular weight excluding hydrogens is 210 g/mol. The van der Waals surface area contributed by atoms with Gasteiger partial charge in [-0.05, 0) is 33.1 Å². The minimum Gasteiger partial charge on any atom is -0.548 e. The third-order valence-electron chi connectivity index (χ3n) is 2.41. The molecule has 0 radical (unpaired) electrons. The molecule has 1 aliphatic heterocycles. The van der Waals surface area contributed by atoms with E-state index in [1.165, 1.54) is 4.90 Å². The van der Waals surface area contributed by atoms with Gasteiger partial charge in [0.25, 0.3) is 0 Å². The lowest BCUT2D eigenvalue weighted by Gasteiger charge is -2.28. The molecular formula is C11H18NO4-. The number of nitrogens with zero attached hydrogens (tertiary/aromatic N) is 1. The predicted molar refractivity (Wildman–Crippen MR) is 55.5 cm³/mol. The average Bonchev–Trinajstić information content (AvgIpc) is 2.44. The number of rotatable bonds is 1. The van der Waals surface area contributed by atoms with E-state index in [0.29, 0.717) is 13.0 Å². The Morgan fingerprint density at radius 1 is 1.38 bits per heavy atom. The standard InChI is InChI=1S/C11H19NO4/c1-7-5-8(9(13)14)12(6-7)10(15)16-11(2,3)4/h7-8H,5-6H2,1-4H3,(H,13,14)/p-1/t7-,8-/m1/s1. The first-order chi connectivity index (χ1) is 7.20. The molecule has 1 heterocycles. The fraction of sp³-hybridized carbons (Fsp3) is 0.818. The Hall–Kier alpha value is -1.26. The lowest BCUT2D eigenvalue weighted by atomic mass is 10.1. The third kappa shape index (κ3) is 3.12. The number of ether oxygens (including phenoxy) is 1. The van der Waals surface area contributed by atoms with Gasteiger partial charge in [0, 0.05) is 6.54 Å². The Morgan fingerprint density at radius 3 is 2.38 bits per heavy atom. The minimum atomic E-state index is -1.21. The maximum absolute atomic E-state index is 11.7. The minimum absolute atomic E-state index is 0.162. The highest BCUT2D eigenvalue weighted by atomic mass is 16.6. The molecule has 5 nitrogen and oxygen atoms in total. The first-order valence-electron chi connectivity index (χ1n) is 5.41. The second-order valence-corrected chi connectivity index (χ2v) is 5.31. The second-order valence-electron chi connectivity index (χ2n) is 5.31. The molecule has 0 aromatic rings. The molecule has 0 N–H and O–H groups in total. The zero-order valence-corrected chi connectivity index (χ0v) is 10.1. The van der Waals surface area contributed by atoms with Crippen molar-refractivity contribution in [2.75, 3.05) is 6.54 Å². The van der Waals surface area contributed by atoms with Gasteiger partial charge in [-0.15, -0.1) is 0 Å². The summed E-state index contributed by atoms with van der Waals surface area (Å²) in [6.45, 7) is 7.56. The van der Waals surface area contributed by atoms with Gasteiger partial charge < -0.3 is 14.6 Å². The summed E-state index contributed by atoms with van der Waals surface area (Å²) in [4.78, 5) is 23.8. The quantitative estimate of drug-likeness (QED) is 0.650. The number of carbonyl (C=O) groups excluding carboxylic acids is 2. The van der Waals surface area contributed by atoms with Crippen LogP contribution in [0.1, 0.15) is 34.1 Å². The Balaban J connectivity index is 2.71. The molecule has 0 spiro atoms. The number of aliphatic carboxylic acids is 1. The number of carbonyl (C=O) groups is 2. The number of likely N-dealkylation sites (tertiary alicyclic amines) is 1. The molecule has 0 saturated carbocycles. The van der Waals surface area contributed by atoms with Crippen molar-refractivity contribution in [2.45, 2.75) is 45.8 Å². The summed E-state index contributed by atoms with van der Waals surface area (Å²) in [6, 6.07) is -0.857. The average molecular weight is 228 g/mol. The second kappa shape index (κ2) is 4.31. The van der Waals surface area contributed by atoms with Crippen LogP contribution in [-0.2, 0) is 9.53 Å². The Bertz CT molecular complexity index is 295. The zero-order valence-electron chi connectivity index (χ0n) is 10.1. The van der Waals surface area contributed by atoms with Crippen LogP contribution in [-0.4, -0.2) is 35.2 Å². The molecule has 1 amide bonds. The molecule has 0 aliphatic carbocycles. The van der Waals surface area contributed by atoms with E-state index in [9.17, 15) is 14.7 Å². The van der Waals surface area contributed by atoms with Crippen LogP contribution in [0.4, 0.5) is 4.79 Å². The van der Waals surface area contributed by atoms with Crippen LogP contribution in [0, 0.1) is 5.92 Å². The monoisotopic (exact) mass is 228 g/mol. The molecule has 1 fully saturated rings. The molecule has 16 heavy (non-hydrogen) atoms. The van der Waals surface area contributed by atoms with Crippen LogP contribution >= 0.6 is 0 Å². The molecule has 0 bridgehead atoms. The predicted octanol–water partition coefficient (Wildman–Crippen LogP) is 0.382. The summed E-state index contributed by atoms with van der Waals surface area (Å²) in [7, 11) is 0. The molecule has 1 saturated heterocycles. The van der Waals surface area contributed by atoms with E-state index in [1.807, 2.05) is 6.92 Å². The molecule has 1 rings (SSSR count). The summed E-state index contributed by atoms with van der Waals surface area (Å²) in [6.07, 6.45) is -0.146. The summed E-state index contributed by atoms with van der Waals surface area (Å²) >= 11 is 0. The summed E-state index contributed by atoms with van der Waals surface area (Å²) in [5.41, 5.74) is -0.612. The van der Waals surface area contributed by atoms with Crippen molar-refractivity contribution in [3.63, 3.8) is 0 Å². The first kappa shape index (κ1) is 12.8. The van der Waals surface area contributed by atoms with Crippen LogP contribution in [0.15, 0.2) is 0 Å². The lowest BCUT2D eigenvalue weighted by molar-refractivity contribution is -0.310.